The number of nitrogens with one attached hydrogen (secondary N) is 2. The van der Waals surface area contributed by atoms with Crippen molar-refractivity contribution in [3.63, 3.8) is 0 Å². The van der Waals surface area contributed by atoms with Crippen molar-refractivity contribution in [1.29, 1.82) is 0 Å². The quantitative estimate of drug-likeness (QED) is 0.774. The molecule has 1 atom stereocenters. The molecule has 0 aliphatic heterocycles. The molecule has 0 aliphatic carbocycles. The Bertz CT molecular complexity index is 451. The maximum absolute atomic E-state index is 11.8. The molecule has 0 saturated carbocycles. The van der Waals surface area contributed by atoms with Crippen LogP contribution < -0.4 is 10.6 Å². The number of amides is 1. The summed E-state index contributed by atoms with van der Waals surface area (Å²) in [6.45, 7) is 12.2. The number of hydrogen-bond donors (Lipinski definition) is 2. The van der Waals surface area contributed by atoms with Crippen molar-refractivity contribution in [1.82, 2.24) is 20.4 Å². The number of aromatic nitrogens is 2. The SMILES string of the molecule is CCCn1cc(CNCC(CC)NC(=O)OC(C)(C)C)cn1. The summed E-state index contributed by atoms with van der Waals surface area (Å²) in [7, 11) is 0. The Labute approximate surface area is 133 Å². The molecule has 6 nitrogen and oxygen atoms in total. The second-order valence-corrected chi connectivity index (χ2v) is 6.49. The van der Waals surface area contributed by atoms with E-state index in [1.807, 2.05) is 38.6 Å². The van der Waals surface area contributed by atoms with Crippen molar-refractivity contribution in [2.24, 2.45) is 0 Å². The number of carbonyl (C=O) groups is 1. The zero-order valence-corrected chi connectivity index (χ0v) is 14.5. The summed E-state index contributed by atoms with van der Waals surface area (Å²) in [6.07, 6.45) is 5.49. The van der Waals surface area contributed by atoms with Gasteiger partial charge in [0.25, 0.3) is 0 Å². The number of carbonyl (C=O) groups excluding carboxylic acids is 1. The molecule has 1 unspecified atom stereocenters. The van der Waals surface area contributed by atoms with E-state index in [1.165, 1.54) is 0 Å². The first kappa shape index (κ1) is 18.5. The van der Waals surface area contributed by atoms with Gasteiger partial charge in [-0.15, -0.1) is 0 Å². The fourth-order valence-electron chi connectivity index (χ4n) is 2.01. The molecule has 0 fully saturated rings. The van der Waals surface area contributed by atoms with Gasteiger partial charge < -0.3 is 15.4 Å². The van der Waals surface area contributed by atoms with E-state index < -0.39 is 5.60 Å². The molecule has 0 radical (unpaired) electrons. The van der Waals surface area contributed by atoms with Gasteiger partial charge in [-0.2, -0.15) is 5.10 Å². The Morgan fingerprint density at radius 3 is 2.73 bits per heavy atom. The Balaban J connectivity index is 2.32. The highest BCUT2D eigenvalue weighted by molar-refractivity contribution is 5.68. The van der Waals surface area contributed by atoms with E-state index in [0.717, 1.165) is 31.5 Å². The van der Waals surface area contributed by atoms with Gasteiger partial charge in [-0.25, -0.2) is 4.79 Å². The molecule has 6 heteroatoms. The molecule has 0 saturated heterocycles. The third-order valence-electron chi connectivity index (χ3n) is 3.07. The summed E-state index contributed by atoms with van der Waals surface area (Å²) in [5.74, 6) is 0. The maximum atomic E-state index is 11.8. The number of hydrogen-bond acceptors (Lipinski definition) is 4. The van der Waals surface area contributed by atoms with Crippen LogP contribution in [0, 0.1) is 0 Å². The number of ether oxygens (including phenoxy) is 1. The lowest BCUT2D eigenvalue weighted by Gasteiger charge is -2.23. The van der Waals surface area contributed by atoms with Crippen molar-refractivity contribution >= 4 is 6.09 Å². The van der Waals surface area contributed by atoms with Gasteiger partial charge in [-0.1, -0.05) is 13.8 Å². The van der Waals surface area contributed by atoms with Crippen molar-refractivity contribution in [2.45, 2.75) is 72.2 Å². The molecule has 1 heterocycles. The summed E-state index contributed by atoms with van der Waals surface area (Å²) in [6, 6.07) is 0.0561. The molecule has 1 rings (SSSR count). The van der Waals surface area contributed by atoms with Crippen LogP contribution in [0.5, 0.6) is 0 Å². The average molecular weight is 310 g/mol. The van der Waals surface area contributed by atoms with Crippen LogP contribution in [0.3, 0.4) is 0 Å². The summed E-state index contributed by atoms with van der Waals surface area (Å²) in [4.78, 5) is 11.8. The minimum absolute atomic E-state index is 0.0561. The molecular weight excluding hydrogens is 280 g/mol. The lowest BCUT2D eigenvalue weighted by molar-refractivity contribution is 0.0502. The van der Waals surface area contributed by atoms with Crippen LogP contribution >= 0.6 is 0 Å². The molecular formula is C16H30N4O2. The van der Waals surface area contributed by atoms with Gasteiger partial charge in [0.15, 0.2) is 0 Å². The van der Waals surface area contributed by atoms with E-state index in [1.54, 1.807) is 0 Å². The normalized spacial score (nSPS) is 13.0. The second-order valence-electron chi connectivity index (χ2n) is 6.49. The third-order valence-corrected chi connectivity index (χ3v) is 3.07. The molecule has 1 aromatic rings. The number of aryl methyl sites for hydroxylation is 1. The first-order chi connectivity index (χ1) is 10.3. The Hall–Kier alpha value is -1.56. The first-order valence-corrected chi connectivity index (χ1v) is 8.05. The minimum Gasteiger partial charge on any atom is -0.444 e. The second kappa shape index (κ2) is 8.78. The van der Waals surface area contributed by atoms with Crippen LogP contribution in [0.15, 0.2) is 12.4 Å². The first-order valence-electron chi connectivity index (χ1n) is 8.05. The zero-order valence-electron chi connectivity index (χ0n) is 14.5. The van der Waals surface area contributed by atoms with Crippen LogP contribution in [0.4, 0.5) is 4.79 Å². The zero-order chi connectivity index (χ0) is 16.6. The van der Waals surface area contributed by atoms with E-state index in [0.29, 0.717) is 6.54 Å². The highest BCUT2D eigenvalue weighted by Gasteiger charge is 2.18. The van der Waals surface area contributed by atoms with Gasteiger partial charge in [0.05, 0.1) is 6.20 Å². The lowest BCUT2D eigenvalue weighted by atomic mass is 10.2. The minimum atomic E-state index is -0.469. The van der Waals surface area contributed by atoms with Gasteiger partial charge in [0.1, 0.15) is 5.60 Å². The van der Waals surface area contributed by atoms with Crippen LogP contribution in [-0.4, -0.2) is 34.1 Å². The lowest BCUT2D eigenvalue weighted by Crippen LogP contribution is -2.43. The van der Waals surface area contributed by atoms with Crippen molar-refractivity contribution in [2.75, 3.05) is 6.54 Å². The molecule has 1 amide bonds. The maximum Gasteiger partial charge on any atom is 0.407 e. The summed E-state index contributed by atoms with van der Waals surface area (Å²) in [5.41, 5.74) is 0.685. The fourth-order valence-corrected chi connectivity index (χ4v) is 2.01. The van der Waals surface area contributed by atoms with E-state index in [-0.39, 0.29) is 12.1 Å². The predicted molar refractivity (Wildman–Crippen MR) is 87.7 cm³/mol. The molecule has 1 aromatic heterocycles. The topological polar surface area (TPSA) is 68.2 Å². The summed E-state index contributed by atoms with van der Waals surface area (Å²) in [5, 5.41) is 10.5. The highest BCUT2D eigenvalue weighted by atomic mass is 16.6. The highest BCUT2D eigenvalue weighted by Crippen LogP contribution is 2.07. The van der Waals surface area contributed by atoms with Crippen molar-refractivity contribution in [3.8, 4) is 0 Å². The van der Waals surface area contributed by atoms with Gasteiger partial charge in [0.2, 0.25) is 0 Å². The molecule has 22 heavy (non-hydrogen) atoms. The van der Waals surface area contributed by atoms with Gasteiger partial charge in [0, 0.05) is 37.4 Å². The predicted octanol–water partition coefficient (Wildman–Crippen LogP) is 2.69. The van der Waals surface area contributed by atoms with Gasteiger partial charge in [-0.3, -0.25) is 4.68 Å². The van der Waals surface area contributed by atoms with Crippen LogP contribution in [0.25, 0.3) is 0 Å². The number of alkyl carbamates (subject to hydrolysis) is 1. The van der Waals surface area contributed by atoms with Crippen molar-refractivity contribution < 1.29 is 9.53 Å². The van der Waals surface area contributed by atoms with Gasteiger partial charge in [-0.05, 0) is 33.6 Å². The van der Waals surface area contributed by atoms with Crippen molar-refractivity contribution in [3.05, 3.63) is 18.0 Å². The number of rotatable bonds is 8. The molecule has 0 aromatic carbocycles. The fraction of sp³-hybridized carbons (Fsp3) is 0.750. The van der Waals surface area contributed by atoms with E-state index in [4.69, 9.17) is 4.74 Å². The largest absolute Gasteiger partial charge is 0.444 e. The van der Waals surface area contributed by atoms with E-state index >= 15 is 0 Å². The van der Waals surface area contributed by atoms with E-state index in [2.05, 4.69) is 28.9 Å². The average Bonchev–Trinajstić information content (AvgIpc) is 2.83. The van der Waals surface area contributed by atoms with Crippen LogP contribution in [0.1, 0.15) is 53.0 Å². The van der Waals surface area contributed by atoms with Gasteiger partial charge >= 0.3 is 6.09 Å². The Kier molecular flexibility index (Phi) is 7.38. The third kappa shape index (κ3) is 7.45. The Morgan fingerprint density at radius 1 is 1.41 bits per heavy atom. The van der Waals surface area contributed by atoms with E-state index in [9.17, 15) is 4.79 Å². The smallest absolute Gasteiger partial charge is 0.407 e. The standard InChI is InChI=1S/C16H30N4O2/c1-6-8-20-12-13(10-18-20)9-17-11-14(7-2)19-15(21)22-16(3,4)5/h10,12,14,17H,6-9,11H2,1-5H3,(H,19,21). The monoisotopic (exact) mass is 310 g/mol. The Morgan fingerprint density at radius 2 is 2.14 bits per heavy atom. The summed E-state index contributed by atoms with van der Waals surface area (Å²) >= 11 is 0. The van der Waals surface area contributed by atoms with Crippen LogP contribution in [-0.2, 0) is 17.8 Å². The molecule has 126 valence electrons. The molecule has 0 bridgehead atoms. The van der Waals surface area contributed by atoms with Crippen LogP contribution in [0.2, 0.25) is 0 Å². The molecule has 0 spiro atoms. The number of nitrogens with zero attached hydrogens (tertiary/aromatic N) is 2. The molecule has 0 aliphatic rings. The molecule has 2 N–H and O–H groups in total. The summed E-state index contributed by atoms with van der Waals surface area (Å²) < 4.78 is 7.23.